The molecule has 0 saturated carbocycles. The molecule has 0 aliphatic heterocycles. The van der Waals surface area contributed by atoms with Gasteiger partial charge in [-0.25, -0.2) is 0 Å². The molecule has 1 atom stereocenters. The van der Waals surface area contributed by atoms with Gasteiger partial charge in [-0.1, -0.05) is 15.9 Å². The van der Waals surface area contributed by atoms with E-state index >= 15 is 0 Å². The van der Waals surface area contributed by atoms with Crippen molar-refractivity contribution in [2.24, 2.45) is 5.73 Å². The third kappa shape index (κ3) is 5.89. The van der Waals surface area contributed by atoms with Crippen LogP contribution < -0.4 is 11.1 Å². The standard InChI is InChI=1S/C12H15BrN4O8S/c1-26(23,24)25-3-2-15-9-4-7(8(6-13)12(14)18)10(16(19)20)5-11(9)17(21)22/h4-5,8,15H,2-3,6H2,1H3,(H2,14,18). The second-order valence-corrected chi connectivity index (χ2v) is 7.30. The van der Waals surface area contributed by atoms with Crippen LogP contribution in [0, 0.1) is 20.2 Å². The highest BCUT2D eigenvalue weighted by Gasteiger charge is 2.30. The minimum absolute atomic E-state index is 0.0301. The Labute approximate surface area is 156 Å². The molecule has 0 saturated heterocycles. The number of hydrogen-bond donors (Lipinski definition) is 2. The maximum Gasteiger partial charge on any atom is 0.299 e. The summed E-state index contributed by atoms with van der Waals surface area (Å²) in [6, 6.07) is 1.79. The Balaban J connectivity index is 3.32. The van der Waals surface area contributed by atoms with Crippen LogP contribution in [0.1, 0.15) is 11.5 Å². The van der Waals surface area contributed by atoms with Crippen LogP contribution in [-0.2, 0) is 19.1 Å². The first-order valence-corrected chi connectivity index (χ1v) is 9.82. The lowest BCUT2D eigenvalue weighted by atomic mass is 9.97. The Morgan fingerprint density at radius 2 is 1.88 bits per heavy atom. The maximum absolute atomic E-state index is 11.5. The number of hydrogen-bond acceptors (Lipinski definition) is 9. The molecule has 1 unspecified atom stereocenters. The first-order chi connectivity index (χ1) is 12.0. The Bertz CT molecular complexity index is 829. The highest BCUT2D eigenvalue weighted by Crippen LogP contribution is 2.37. The van der Waals surface area contributed by atoms with Crippen molar-refractivity contribution in [3.8, 4) is 0 Å². The van der Waals surface area contributed by atoms with Gasteiger partial charge in [0.2, 0.25) is 5.91 Å². The largest absolute Gasteiger partial charge is 0.377 e. The minimum Gasteiger partial charge on any atom is -0.377 e. The van der Waals surface area contributed by atoms with Gasteiger partial charge in [-0.2, -0.15) is 8.42 Å². The monoisotopic (exact) mass is 454 g/mol. The van der Waals surface area contributed by atoms with Crippen molar-refractivity contribution in [3.05, 3.63) is 37.9 Å². The zero-order valence-corrected chi connectivity index (χ0v) is 15.8. The molecular weight excluding hydrogens is 440 g/mol. The third-order valence-corrected chi connectivity index (χ3v) is 4.37. The second-order valence-electron chi connectivity index (χ2n) is 5.00. The van der Waals surface area contributed by atoms with E-state index in [1.807, 2.05) is 0 Å². The van der Waals surface area contributed by atoms with E-state index in [1.165, 1.54) is 0 Å². The maximum atomic E-state index is 11.5. The predicted octanol–water partition coefficient (Wildman–Crippen LogP) is 0.855. The Morgan fingerprint density at radius 3 is 2.31 bits per heavy atom. The molecule has 1 aromatic rings. The number of benzene rings is 1. The highest BCUT2D eigenvalue weighted by molar-refractivity contribution is 9.09. The molecule has 3 N–H and O–H groups in total. The molecule has 0 radical (unpaired) electrons. The lowest BCUT2D eigenvalue weighted by molar-refractivity contribution is -0.394. The fourth-order valence-corrected chi connectivity index (χ4v) is 3.07. The molecule has 14 heteroatoms. The molecule has 0 aliphatic rings. The van der Waals surface area contributed by atoms with Gasteiger partial charge < -0.3 is 11.1 Å². The van der Waals surface area contributed by atoms with Gasteiger partial charge in [-0.05, 0) is 6.07 Å². The van der Waals surface area contributed by atoms with Crippen LogP contribution >= 0.6 is 15.9 Å². The van der Waals surface area contributed by atoms with Crippen LogP contribution in [0.3, 0.4) is 0 Å². The molecule has 0 aliphatic carbocycles. The van der Waals surface area contributed by atoms with E-state index in [2.05, 4.69) is 25.4 Å². The number of rotatable bonds is 10. The zero-order chi connectivity index (χ0) is 20.1. The Hall–Kier alpha value is -2.32. The van der Waals surface area contributed by atoms with E-state index in [4.69, 9.17) is 5.73 Å². The van der Waals surface area contributed by atoms with Gasteiger partial charge in [0.1, 0.15) is 5.69 Å². The van der Waals surface area contributed by atoms with Crippen molar-refractivity contribution in [1.29, 1.82) is 0 Å². The number of nitro groups is 2. The molecule has 0 spiro atoms. The number of carbonyl (C=O) groups is 1. The molecule has 1 amide bonds. The molecule has 0 fully saturated rings. The smallest absolute Gasteiger partial charge is 0.299 e. The van der Waals surface area contributed by atoms with Crippen molar-refractivity contribution >= 4 is 49.0 Å². The average Bonchev–Trinajstić information content (AvgIpc) is 2.50. The van der Waals surface area contributed by atoms with Crippen LogP contribution in [0.4, 0.5) is 17.1 Å². The van der Waals surface area contributed by atoms with Gasteiger partial charge in [0.25, 0.3) is 21.5 Å². The summed E-state index contributed by atoms with van der Waals surface area (Å²) >= 11 is 3.03. The molecule has 144 valence electrons. The highest BCUT2D eigenvalue weighted by atomic mass is 79.9. The average molecular weight is 455 g/mol. The summed E-state index contributed by atoms with van der Waals surface area (Å²) in [5.41, 5.74) is 3.74. The number of nitrogens with two attached hydrogens (primary N) is 1. The van der Waals surface area contributed by atoms with E-state index in [1.54, 1.807) is 0 Å². The quantitative estimate of drug-likeness (QED) is 0.170. The number of anilines is 1. The topological polar surface area (TPSA) is 185 Å². The SMILES string of the molecule is CS(=O)(=O)OCCNc1cc(C(CBr)C(N)=O)c([N+](=O)[O-])cc1[N+](=O)[O-]. The van der Waals surface area contributed by atoms with Crippen molar-refractivity contribution in [1.82, 2.24) is 0 Å². The van der Waals surface area contributed by atoms with Crippen LogP contribution in [0.2, 0.25) is 0 Å². The molecule has 12 nitrogen and oxygen atoms in total. The number of carbonyl (C=O) groups excluding carboxylic acids is 1. The van der Waals surface area contributed by atoms with Gasteiger partial charge in [0, 0.05) is 17.4 Å². The summed E-state index contributed by atoms with van der Waals surface area (Å²) in [5.74, 6) is -1.95. The molecule has 0 bridgehead atoms. The van der Waals surface area contributed by atoms with E-state index in [0.29, 0.717) is 6.07 Å². The molecule has 26 heavy (non-hydrogen) atoms. The predicted molar refractivity (Wildman–Crippen MR) is 94.8 cm³/mol. The van der Waals surface area contributed by atoms with Crippen LogP contribution in [0.25, 0.3) is 0 Å². The summed E-state index contributed by atoms with van der Waals surface area (Å²) in [4.78, 5) is 32.3. The zero-order valence-electron chi connectivity index (χ0n) is 13.4. The molecular formula is C12H15BrN4O8S. The summed E-state index contributed by atoms with van der Waals surface area (Å²) < 4.78 is 26.3. The van der Waals surface area contributed by atoms with Gasteiger partial charge in [0.05, 0.1) is 34.7 Å². The van der Waals surface area contributed by atoms with Crippen molar-refractivity contribution in [3.63, 3.8) is 0 Å². The van der Waals surface area contributed by atoms with Crippen molar-refractivity contribution in [2.45, 2.75) is 5.92 Å². The van der Waals surface area contributed by atoms with Gasteiger partial charge in [-0.15, -0.1) is 0 Å². The molecule has 0 aromatic heterocycles. The van der Waals surface area contributed by atoms with Crippen LogP contribution in [0.5, 0.6) is 0 Å². The first kappa shape index (κ1) is 21.7. The number of nitrogens with one attached hydrogen (secondary N) is 1. The normalized spacial score (nSPS) is 12.4. The molecule has 1 rings (SSSR count). The Morgan fingerprint density at radius 1 is 1.31 bits per heavy atom. The Kier molecular flexibility index (Phi) is 7.41. The fraction of sp³-hybridized carbons (Fsp3) is 0.417. The summed E-state index contributed by atoms with van der Waals surface area (Å²) in [7, 11) is -3.69. The lowest BCUT2D eigenvalue weighted by Gasteiger charge is -2.14. The van der Waals surface area contributed by atoms with Crippen LogP contribution in [0.15, 0.2) is 12.1 Å². The lowest BCUT2D eigenvalue weighted by Crippen LogP contribution is -2.23. The third-order valence-electron chi connectivity index (χ3n) is 3.13. The fourth-order valence-electron chi connectivity index (χ4n) is 2.01. The van der Waals surface area contributed by atoms with E-state index in [0.717, 1.165) is 12.3 Å². The number of primary amides is 1. The number of nitrogens with zero attached hydrogens (tertiary/aromatic N) is 2. The minimum atomic E-state index is -3.69. The van der Waals surface area contributed by atoms with Gasteiger partial charge in [0.15, 0.2) is 0 Å². The molecule has 1 aromatic carbocycles. The summed E-state index contributed by atoms with van der Waals surface area (Å²) in [5, 5.41) is 25.0. The second kappa shape index (κ2) is 8.86. The summed E-state index contributed by atoms with van der Waals surface area (Å²) in [6.07, 6.45) is 0.840. The first-order valence-electron chi connectivity index (χ1n) is 6.88. The van der Waals surface area contributed by atoms with Crippen molar-refractivity contribution in [2.75, 3.05) is 30.1 Å². The van der Waals surface area contributed by atoms with E-state index < -0.39 is 43.2 Å². The summed E-state index contributed by atoms with van der Waals surface area (Å²) in [6.45, 7) is -0.458. The van der Waals surface area contributed by atoms with E-state index in [9.17, 15) is 33.4 Å². The number of halogens is 1. The number of amides is 1. The van der Waals surface area contributed by atoms with E-state index in [-0.39, 0.29) is 29.7 Å². The number of nitro benzene ring substituents is 2. The van der Waals surface area contributed by atoms with Crippen LogP contribution in [-0.4, -0.2) is 48.9 Å². The number of alkyl halides is 1. The molecule has 0 heterocycles. The van der Waals surface area contributed by atoms with Gasteiger partial charge in [-0.3, -0.25) is 29.2 Å². The van der Waals surface area contributed by atoms with Crippen molar-refractivity contribution < 1.29 is 27.2 Å². The van der Waals surface area contributed by atoms with Gasteiger partial charge >= 0.3 is 0 Å².